The Morgan fingerprint density at radius 3 is 0.833 bits per heavy atom. The quantitative estimate of drug-likeness (QED) is 0.255. The fourth-order valence-corrected chi connectivity index (χ4v) is 0. The first kappa shape index (κ1) is 26.8. The van der Waals surface area contributed by atoms with Crippen LogP contribution in [0.3, 0.4) is 0 Å². The van der Waals surface area contributed by atoms with Crippen LogP contribution in [-0.2, 0) is 0 Å². The predicted octanol–water partition coefficient (Wildman–Crippen LogP) is -1.70. The summed E-state index contributed by atoms with van der Waals surface area (Å²) in [7, 11) is 0. The third kappa shape index (κ3) is 60.0. The van der Waals surface area contributed by atoms with Gasteiger partial charge in [-0.2, -0.15) is 13.8 Å². The van der Waals surface area contributed by atoms with Crippen molar-refractivity contribution in [3.63, 3.8) is 0 Å². The maximum absolute atomic E-state index is 3.25. The van der Waals surface area contributed by atoms with E-state index in [1.165, 1.54) is 0 Å². The van der Waals surface area contributed by atoms with E-state index in [9.17, 15) is 0 Å². The van der Waals surface area contributed by atoms with Gasteiger partial charge in [0.15, 0.2) is 0 Å². The molecule has 0 aromatic heterocycles. The number of hydrogen-bond donors (Lipinski definition) is 0. The van der Waals surface area contributed by atoms with E-state index < -0.39 is 0 Å². The van der Waals surface area contributed by atoms with Gasteiger partial charge in [-0.25, -0.2) is 0 Å². The van der Waals surface area contributed by atoms with Gasteiger partial charge >= 0.3 is 17.4 Å². The van der Waals surface area contributed by atoms with Crippen LogP contribution in [0.15, 0.2) is 0 Å². The Morgan fingerprint density at radius 1 is 0.833 bits per heavy atom. The zero-order chi connectivity index (χ0) is 4.00. The van der Waals surface area contributed by atoms with E-state index in [-0.39, 0.29) is 41.3 Å². The van der Waals surface area contributed by atoms with Crippen LogP contribution in [0.1, 0.15) is 13.8 Å². The smallest absolute Gasteiger partial charge is 1.00 e. The second kappa shape index (κ2) is 109. The number of rotatable bonds is 0. The van der Waals surface area contributed by atoms with Crippen LogP contribution in [0, 0.1) is 13.8 Å². The number of hydrogen-bond acceptors (Lipinski definition) is 0. The summed E-state index contributed by atoms with van der Waals surface area (Å²) in [6, 6.07) is 0. The molecule has 0 aliphatic carbocycles. The molecular weight excluding hydrogens is 202 g/mol. The Bertz CT molecular complexity index is 7.51. The molecule has 0 N–H and O–H groups in total. The molecule has 0 spiro atoms. The minimum Gasteiger partial charge on any atom is -1.00 e. The summed E-state index contributed by atoms with van der Waals surface area (Å²) in [4.78, 5) is 0. The first-order valence-electron chi connectivity index (χ1n) is 1.41. The van der Waals surface area contributed by atoms with E-state index in [1.54, 1.807) is 13.8 Å². The van der Waals surface area contributed by atoms with E-state index >= 15 is 0 Å². The molecule has 0 aromatic carbocycles. The van der Waals surface area contributed by atoms with Crippen molar-refractivity contribution < 1.29 is 24.0 Å². The molecule has 0 saturated carbocycles. The van der Waals surface area contributed by atoms with Gasteiger partial charge in [0.1, 0.15) is 0 Å². The summed E-state index contributed by atoms with van der Waals surface area (Å²) < 4.78 is 0. The molecule has 36 valence electrons. The van der Waals surface area contributed by atoms with Gasteiger partial charge in [0.05, 0.1) is 0 Å². The van der Waals surface area contributed by atoms with E-state index in [0.717, 1.165) is 0 Å². The Labute approximate surface area is 68.9 Å². The first-order valence-corrected chi connectivity index (χ1v) is 1.41. The molecule has 6 heavy (non-hydrogen) atoms. The Kier molecular flexibility index (Phi) is 485. The van der Waals surface area contributed by atoms with E-state index in [1.807, 2.05) is 0 Å². The SMILES string of the molecule is [Al+3].[CH2-]C.[CH2-]C.[I-]. The Hall–Kier alpha value is 1.26. The standard InChI is InChI=1S/2C2H5.Al.HI/c2*1-2;;/h2*1H2,2H3;;1H/q2*-1;+3;/p-1. The average Bonchev–Trinajstić information content (AvgIpc) is 1.50. The van der Waals surface area contributed by atoms with Gasteiger partial charge in [0, 0.05) is 0 Å². The van der Waals surface area contributed by atoms with Crippen LogP contribution in [0.2, 0.25) is 0 Å². The minimum absolute atomic E-state index is 0. The molecule has 0 aliphatic rings. The molecule has 0 heterocycles. The van der Waals surface area contributed by atoms with Crippen LogP contribution < -0.4 is 24.0 Å². The fourth-order valence-electron chi connectivity index (χ4n) is 0. The van der Waals surface area contributed by atoms with Crippen molar-refractivity contribution in [3.05, 3.63) is 13.8 Å². The van der Waals surface area contributed by atoms with Gasteiger partial charge in [-0.15, -0.1) is 0 Å². The summed E-state index contributed by atoms with van der Waals surface area (Å²) in [5, 5.41) is 0. The Balaban J connectivity index is -0.00000000500. The Morgan fingerprint density at radius 2 is 0.833 bits per heavy atom. The normalized spacial score (nSPS) is 2.00. The summed E-state index contributed by atoms with van der Waals surface area (Å²) in [5.74, 6) is 0. The molecule has 0 atom stereocenters. The fraction of sp³-hybridized carbons (Fsp3) is 0.500. The van der Waals surface area contributed by atoms with Crippen molar-refractivity contribution in [2.24, 2.45) is 0 Å². The molecule has 0 saturated heterocycles. The predicted molar refractivity (Wildman–Crippen MR) is 27.8 cm³/mol. The van der Waals surface area contributed by atoms with Gasteiger partial charge in [-0.1, -0.05) is 0 Å². The molecule has 0 rings (SSSR count). The largest absolute Gasteiger partial charge is 3.00 e. The zero-order valence-electron chi connectivity index (χ0n) is 4.37. The molecule has 0 nitrogen and oxygen atoms in total. The van der Waals surface area contributed by atoms with Crippen molar-refractivity contribution in [2.75, 3.05) is 0 Å². The van der Waals surface area contributed by atoms with Crippen molar-refractivity contribution in [2.45, 2.75) is 13.8 Å². The molecule has 0 fully saturated rings. The van der Waals surface area contributed by atoms with Gasteiger partial charge in [-0.3, -0.25) is 0 Å². The van der Waals surface area contributed by atoms with Crippen molar-refractivity contribution in [1.82, 2.24) is 0 Å². The summed E-state index contributed by atoms with van der Waals surface area (Å²) in [5.41, 5.74) is 0. The molecule has 0 bridgehead atoms. The second-order valence-corrected chi connectivity index (χ2v) is 0. The van der Waals surface area contributed by atoms with Gasteiger partial charge in [-0.05, 0) is 0 Å². The van der Waals surface area contributed by atoms with Gasteiger partial charge < -0.3 is 37.8 Å². The minimum atomic E-state index is 0. The number of halogens is 1. The van der Waals surface area contributed by atoms with Gasteiger partial charge in [0.25, 0.3) is 0 Å². The van der Waals surface area contributed by atoms with Crippen LogP contribution >= 0.6 is 0 Å². The van der Waals surface area contributed by atoms with Crippen LogP contribution in [-0.4, -0.2) is 17.4 Å². The van der Waals surface area contributed by atoms with Crippen LogP contribution in [0.25, 0.3) is 0 Å². The van der Waals surface area contributed by atoms with Crippen molar-refractivity contribution in [3.8, 4) is 0 Å². The third-order valence-electron chi connectivity index (χ3n) is 0. The van der Waals surface area contributed by atoms with Crippen LogP contribution in [0.5, 0.6) is 0 Å². The van der Waals surface area contributed by atoms with Crippen molar-refractivity contribution in [1.29, 1.82) is 0 Å². The molecular formula is C4H10AlI. The molecule has 0 radical (unpaired) electrons. The van der Waals surface area contributed by atoms with E-state index in [2.05, 4.69) is 13.8 Å². The maximum atomic E-state index is 3.25. The summed E-state index contributed by atoms with van der Waals surface area (Å²) in [6.45, 7) is 10.0. The zero-order valence-corrected chi connectivity index (χ0v) is 7.68. The molecule has 0 aromatic rings. The maximum Gasteiger partial charge on any atom is 3.00 e. The second-order valence-electron chi connectivity index (χ2n) is 0. The summed E-state index contributed by atoms with van der Waals surface area (Å²) in [6.07, 6.45) is 0. The molecule has 2 heteroatoms. The summed E-state index contributed by atoms with van der Waals surface area (Å²) >= 11 is 0. The van der Waals surface area contributed by atoms with E-state index in [0.29, 0.717) is 0 Å². The topological polar surface area (TPSA) is 0 Å². The molecule has 0 unspecified atom stereocenters. The monoisotopic (exact) mass is 212 g/mol. The molecule has 0 aliphatic heterocycles. The van der Waals surface area contributed by atoms with Gasteiger partial charge in [0.2, 0.25) is 0 Å². The average molecular weight is 212 g/mol. The first-order chi connectivity index (χ1) is 2.00. The molecule has 0 amide bonds. The third-order valence-corrected chi connectivity index (χ3v) is 0. The van der Waals surface area contributed by atoms with E-state index in [4.69, 9.17) is 0 Å². The van der Waals surface area contributed by atoms with Crippen molar-refractivity contribution >= 4 is 17.4 Å². The van der Waals surface area contributed by atoms with Crippen LogP contribution in [0.4, 0.5) is 0 Å².